The summed E-state index contributed by atoms with van der Waals surface area (Å²) >= 11 is 0. The van der Waals surface area contributed by atoms with Crippen molar-refractivity contribution in [1.82, 2.24) is 26.6 Å². The smallest absolute Gasteiger partial charge is 0.0221 e. The molecule has 136 valence electrons. The maximum Gasteiger partial charge on any atom is 0.0221 e. The average Bonchev–Trinajstić information content (AvgIpc) is 2.66. The van der Waals surface area contributed by atoms with Crippen LogP contribution in [-0.4, -0.2) is 64.4 Å². The van der Waals surface area contributed by atoms with Gasteiger partial charge in [-0.2, -0.15) is 0 Å². The Morgan fingerprint density at radius 2 is 0.870 bits per heavy atom. The van der Waals surface area contributed by atoms with E-state index in [9.17, 15) is 0 Å². The van der Waals surface area contributed by atoms with E-state index in [2.05, 4.69) is 26.6 Å². The van der Waals surface area contributed by atoms with Crippen LogP contribution in [0.5, 0.6) is 0 Å². The van der Waals surface area contributed by atoms with Gasteiger partial charge in [0.15, 0.2) is 0 Å². The van der Waals surface area contributed by atoms with Gasteiger partial charge in [0, 0.05) is 51.4 Å². The van der Waals surface area contributed by atoms with E-state index in [-0.39, 0.29) is 0 Å². The maximum atomic E-state index is 3.86. The third-order valence-electron chi connectivity index (χ3n) is 5.12. The summed E-state index contributed by atoms with van der Waals surface area (Å²) in [6.45, 7) is 8.70. The molecule has 1 saturated heterocycles. The second-order valence-electron chi connectivity index (χ2n) is 7.07. The molecule has 1 heterocycles. The van der Waals surface area contributed by atoms with Gasteiger partial charge >= 0.3 is 0 Å². The normalized spacial score (nSPS) is 31.3. The van der Waals surface area contributed by atoms with Gasteiger partial charge in [0.2, 0.25) is 0 Å². The van der Waals surface area contributed by atoms with Crippen LogP contribution in [0.4, 0.5) is 0 Å². The lowest BCUT2D eigenvalue weighted by molar-refractivity contribution is 0.329. The molecular weight excluding hydrogens is 286 g/mol. The van der Waals surface area contributed by atoms with Crippen molar-refractivity contribution in [3.8, 4) is 0 Å². The Morgan fingerprint density at radius 1 is 0.391 bits per heavy atom. The van der Waals surface area contributed by atoms with E-state index in [0.29, 0.717) is 12.1 Å². The molecular formula is C18H39N5. The van der Waals surface area contributed by atoms with Gasteiger partial charge < -0.3 is 26.6 Å². The van der Waals surface area contributed by atoms with E-state index >= 15 is 0 Å². The first-order chi connectivity index (χ1) is 11.5. The van der Waals surface area contributed by atoms with Crippen molar-refractivity contribution in [3.63, 3.8) is 0 Å². The molecule has 2 rings (SSSR count). The SMILES string of the molecule is C1CCC[C@H]2NCCCNCCNCCNCCN[C@@H]2CCC1. The van der Waals surface area contributed by atoms with Crippen LogP contribution < -0.4 is 26.6 Å². The summed E-state index contributed by atoms with van der Waals surface area (Å²) in [5.41, 5.74) is 0. The summed E-state index contributed by atoms with van der Waals surface area (Å²) < 4.78 is 0. The van der Waals surface area contributed by atoms with Crippen molar-refractivity contribution < 1.29 is 0 Å². The van der Waals surface area contributed by atoms with Crippen LogP contribution in [0.15, 0.2) is 0 Å². The quantitative estimate of drug-likeness (QED) is 0.456. The second-order valence-corrected chi connectivity index (χ2v) is 7.07. The number of rotatable bonds is 0. The van der Waals surface area contributed by atoms with Crippen molar-refractivity contribution in [1.29, 1.82) is 0 Å². The molecule has 5 heteroatoms. The Morgan fingerprint density at radius 3 is 1.52 bits per heavy atom. The van der Waals surface area contributed by atoms with Gasteiger partial charge in [-0.25, -0.2) is 0 Å². The zero-order chi connectivity index (χ0) is 16.0. The first kappa shape index (κ1) is 19.1. The van der Waals surface area contributed by atoms with Crippen molar-refractivity contribution >= 4 is 0 Å². The van der Waals surface area contributed by atoms with Gasteiger partial charge in [-0.15, -0.1) is 0 Å². The van der Waals surface area contributed by atoms with Gasteiger partial charge in [-0.3, -0.25) is 0 Å². The molecule has 0 aromatic heterocycles. The lowest BCUT2D eigenvalue weighted by Crippen LogP contribution is -2.50. The molecule has 0 aromatic carbocycles. The highest BCUT2D eigenvalue weighted by atomic mass is 15.0. The van der Waals surface area contributed by atoms with E-state index in [4.69, 9.17) is 0 Å². The summed E-state index contributed by atoms with van der Waals surface area (Å²) in [6.07, 6.45) is 10.9. The molecule has 2 aliphatic rings. The van der Waals surface area contributed by atoms with Crippen molar-refractivity contribution in [3.05, 3.63) is 0 Å². The molecule has 1 aliphatic heterocycles. The van der Waals surface area contributed by atoms with Gasteiger partial charge in [0.25, 0.3) is 0 Å². The van der Waals surface area contributed by atoms with Gasteiger partial charge in [0.1, 0.15) is 0 Å². The summed E-state index contributed by atoms with van der Waals surface area (Å²) in [5, 5.41) is 18.2. The third kappa shape index (κ3) is 9.01. The number of hydrogen-bond donors (Lipinski definition) is 5. The molecule has 5 N–H and O–H groups in total. The van der Waals surface area contributed by atoms with Gasteiger partial charge in [-0.1, -0.05) is 32.1 Å². The van der Waals surface area contributed by atoms with Gasteiger partial charge in [0.05, 0.1) is 0 Å². The Kier molecular flexibility index (Phi) is 10.9. The first-order valence-electron chi connectivity index (χ1n) is 10.1. The molecule has 0 amide bonds. The van der Waals surface area contributed by atoms with Gasteiger partial charge in [-0.05, 0) is 32.4 Å². The molecule has 0 aromatic rings. The van der Waals surface area contributed by atoms with Crippen LogP contribution in [0, 0.1) is 0 Å². The van der Waals surface area contributed by atoms with Crippen molar-refractivity contribution in [2.75, 3.05) is 52.4 Å². The molecule has 2 fully saturated rings. The lowest BCUT2D eigenvalue weighted by Gasteiger charge is -2.29. The molecule has 0 unspecified atom stereocenters. The fourth-order valence-electron chi connectivity index (χ4n) is 3.73. The second kappa shape index (κ2) is 13.1. The Labute approximate surface area is 143 Å². The highest BCUT2D eigenvalue weighted by molar-refractivity contribution is 4.84. The topological polar surface area (TPSA) is 60.1 Å². The Balaban J connectivity index is 1.81. The summed E-state index contributed by atoms with van der Waals surface area (Å²) in [4.78, 5) is 0. The molecule has 0 bridgehead atoms. The molecule has 1 aliphatic carbocycles. The zero-order valence-electron chi connectivity index (χ0n) is 15.0. The fourth-order valence-corrected chi connectivity index (χ4v) is 3.73. The maximum absolute atomic E-state index is 3.86. The summed E-state index contributed by atoms with van der Waals surface area (Å²) in [7, 11) is 0. The predicted octanol–water partition coefficient (Wildman–Crippen LogP) is 0.820. The Hall–Kier alpha value is -0.200. The van der Waals surface area contributed by atoms with E-state index in [1.54, 1.807) is 0 Å². The zero-order valence-corrected chi connectivity index (χ0v) is 15.0. The van der Waals surface area contributed by atoms with Crippen molar-refractivity contribution in [2.45, 2.75) is 63.5 Å². The van der Waals surface area contributed by atoms with E-state index in [0.717, 1.165) is 52.4 Å². The molecule has 23 heavy (non-hydrogen) atoms. The summed E-state index contributed by atoms with van der Waals surface area (Å²) in [5.74, 6) is 0. The molecule has 0 radical (unpaired) electrons. The van der Waals surface area contributed by atoms with Crippen LogP contribution in [0.2, 0.25) is 0 Å². The lowest BCUT2D eigenvalue weighted by atomic mass is 9.98. The number of fused-ring (bicyclic) bond motifs is 1. The third-order valence-corrected chi connectivity index (χ3v) is 5.12. The highest BCUT2D eigenvalue weighted by Gasteiger charge is 2.20. The van der Waals surface area contributed by atoms with Crippen LogP contribution >= 0.6 is 0 Å². The van der Waals surface area contributed by atoms with E-state index in [1.165, 1.54) is 51.4 Å². The first-order valence-corrected chi connectivity index (χ1v) is 10.1. The largest absolute Gasteiger partial charge is 0.315 e. The minimum absolute atomic E-state index is 0.647. The number of nitrogens with one attached hydrogen (secondary N) is 5. The molecule has 0 spiro atoms. The van der Waals surface area contributed by atoms with Crippen LogP contribution in [0.1, 0.15) is 51.4 Å². The van der Waals surface area contributed by atoms with Crippen LogP contribution in [-0.2, 0) is 0 Å². The van der Waals surface area contributed by atoms with Crippen molar-refractivity contribution in [2.24, 2.45) is 0 Å². The predicted molar refractivity (Wildman–Crippen MR) is 99.1 cm³/mol. The molecule has 2 atom stereocenters. The number of hydrogen-bond acceptors (Lipinski definition) is 5. The average molecular weight is 326 g/mol. The van der Waals surface area contributed by atoms with E-state index < -0.39 is 0 Å². The minimum atomic E-state index is 0.647. The fraction of sp³-hybridized carbons (Fsp3) is 1.00. The summed E-state index contributed by atoms with van der Waals surface area (Å²) in [6, 6.07) is 1.30. The van der Waals surface area contributed by atoms with Crippen LogP contribution in [0.25, 0.3) is 0 Å². The van der Waals surface area contributed by atoms with E-state index in [1.807, 2.05) is 0 Å². The van der Waals surface area contributed by atoms with Crippen LogP contribution in [0.3, 0.4) is 0 Å². The highest BCUT2D eigenvalue weighted by Crippen LogP contribution is 2.17. The minimum Gasteiger partial charge on any atom is -0.315 e. The standard InChI is InChI=1S/C18H39N5/c1-2-4-7-17-18(8-5-3-1)23-16-15-21-14-13-20-12-11-19-9-6-10-22-17/h17-23H,1-16H2/t17-,18-/m1/s1. The monoisotopic (exact) mass is 325 g/mol. The Bertz CT molecular complexity index is 248. The molecule has 5 nitrogen and oxygen atoms in total. The molecule has 1 saturated carbocycles.